The number of nitrogens with zero attached hydrogens (tertiary/aromatic N) is 4. The molecule has 0 aliphatic carbocycles. The van der Waals surface area contributed by atoms with E-state index in [0.29, 0.717) is 44.2 Å². The molecule has 7 nitrogen and oxygen atoms in total. The van der Waals surface area contributed by atoms with Crippen LogP contribution in [0.25, 0.3) is 0 Å². The van der Waals surface area contributed by atoms with E-state index in [9.17, 15) is 13.2 Å². The number of amides is 1. The SMILES string of the molecule is CCN(CC(C)C#N)C(=O)CN1CCN(S(=O)(=O)c2ccc(C)cc2)CC1. The lowest BCUT2D eigenvalue weighted by Crippen LogP contribution is -2.51. The van der Waals surface area contributed by atoms with Gasteiger partial charge < -0.3 is 4.90 Å². The van der Waals surface area contributed by atoms with Crippen LogP contribution in [-0.2, 0) is 14.8 Å². The normalized spacial score (nSPS) is 17.3. The number of carbonyl (C=O) groups excluding carboxylic acids is 1. The van der Waals surface area contributed by atoms with Crippen molar-refractivity contribution in [2.24, 2.45) is 5.92 Å². The number of carbonyl (C=O) groups is 1. The number of aryl methyl sites for hydroxylation is 1. The maximum Gasteiger partial charge on any atom is 0.243 e. The van der Waals surface area contributed by atoms with Gasteiger partial charge in [-0.05, 0) is 32.9 Å². The van der Waals surface area contributed by atoms with Gasteiger partial charge in [0, 0.05) is 39.3 Å². The summed E-state index contributed by atoms with van der Waals surface area (Å²) in [6, 6.07) is 9.01. The Hall–Kier alpha value is -1.95. The maximum absolute atomic E-state index is 12.7. The van der Waals surface area contributed by atoms with Gasteiger partial charge in [0.05, 0.1) is 23.4 Å². The number of benzene rings is 1. The Bertz CT molecular complexity index is 778. The van der Waals surface area contributed by atoms with Crippen molar-refractivity contribution in [3.05, 3.63) is 29.8 Å². The van der Waals surface area contributed by atoms with E-state index < -0.39 is 10.0 Å². The van der Waals surface area contributed by atoms with Gasteiger partial charge in [0.15, 0.2) is 0 Å². The molecular formula is C19H28N4O3S. The number of nitriles is 1. The minimum Gasteiger partial charge on any atom is -0.341 e. The Morgan fingerprint density at radius 1 is 1.22 bits per heavy atom. The van der Waals surface area contributed by atoms with Crippen LogP contribution in [0.15, 0.2) is 29.2 Å². The van der Waals surface area contributed by atoms with Crippen LogP contribution in [0.3, 0.4) is 0 Å². The highest BCUT2D eigenvalue weighted by Crippen LogP contribution is 2.18. The van der Waals surface area contributed by atoms with Crippen LogP contribution in [0.4, 0.5) is 0 Å². The summed E-state index contributed by atoms with van der Waals surface area (Å²) in [5.41, 5.74) is 1.02. The summed E-state index contributed by atoms with van der Waals surface area (Å²) in [5.74, 6) is -0.222. The van der Waals surface area contributed by atoms with E-state index in [-0.39, 0.29) is 18.4 Å². The van der Waals surface area contributed by atoms with Crippen LogP contribution in [-0.4, -0.2) is 74.2 Å². The molecule has 0 spiro atoms. The Morgan fingerprint density at radius 3 is 2.33 bits per heavy atom. The first-order chi connectivity index (χ1) is 12.8. The molecule has 0 radical (unpaired) electrons. The van der Waals surface area contributed by atoms with Gasteiger partial charge >= 0.3 is 0 Å². The van der Waals surface area contributed by atoms with Gasteiger partial charge in [0.2, 0.25) is 15.9 Å². The Kier molecular flexibility index (Phi) is 7.36. The summed E-state index contributed by atoms with van der Waals surface area (Å²) < 4.78 is 27.0. The van der Waals surface area contributed by atoms with E-state index in [1.54, 1.807) is 36.1 Å². The zero-order valence-corrected chi connectivity index (χ0v) is 17.1. The van der Waals surface area contributed by atoms with E-state index in [1.807, 2.05) is 18.7 Å². The number of sulfonamides is 1. The van der Waals surface area contributed by atoms with Crippen LogP contribution in [0.1, 0.15) is 19.4 Å². The minimum absolute atomic E-state index is 0.0190. The molecule has 0 N–H and O–H groups in total. The van der Waals surface area contributed by atoms with Crippen molar-refractivity contribution in [3.63, 3.8) is 0 Å². The first-order valence-corrected chi connectivity index (χ1v) is 10.7. The molecule has 0 aromatic heterocycles. The van der Waals surface area contributed by atoms with Crippen molar-refractivity contribution in [1.82, 2.24) is 14.1 Å². The van der Waals surface area contributed by atoms with Crippen molar-refractivity contribution in [3.8, 4) is 6.07 Å². The topological polar surface area (TPSA) is 84.7 Å². The molecule has 1 amide bonds. The van der Waals surface area contributed by atoms with Crippen LogP contribution < -0.4 is 0 Å². The summed E-state index contributed by atoms with van der Waals surface area (Å²) in [7, 11) is -3.50. The van der Waals surface area contributed by atoms with Gasteiger partial charge in [-0.15, -0.1) is 0 Å². The van der Waals surface area contributed by atoms with E-state index in [1.165, 1.54) is 4.31 Å². The lowest BCUT2D eigenvalue weighted by Gasteiger charge is -2.34. The second kappa shape index (κ2) is 9.31. The van der Waals surface area contributed by atoms with Crippen molar-refractivity contribution < 1.29 is 13.2 Å². The highest BCUT2D eigenvalue weighted by atomic mass is 32.2. The molecule has 1 aromatic carbocycles. The highest BCUT2D eigenvalue weighted by Gasteiger charge is 2.29. The fourth-order valence-electron chi connectivity index (χ4n) is 3.06. The molecule has 1 aromatic rings. The number of piperazine rings is 1. The minimum atomic E-state index is -3.50. The van der Waals surface area contributed by atoms with Crippen LogP contribution in [0, 0.1) is 24.2 Å². The average Bonchev–Trinajstić information content (AvgIpc) is 2.66. The molecule has 1 heterocycles. The van der Waals surface area contributed by atoms with Crippen LogP contribution in [0.2, 0.25) is 0 Å². The molecule has 148 valence electrons. The maximum atomic E-state index is 12.7. The highest BCUT2D eigenvalue weighted by molar-refractivity contribution is 7.89. The van der Waals surface area contributed by atoms with Gasteiger partial charge in [-0.25, -0.2) is 8.42 Å². The second-order valence-corrected chi connectivity index (χ2v) is 8.89. The second-order valence-electron chi connectivity index (χ2n) is 6.96. The Balaban J connectivity index is 1.92. The average molecular weight is 393 g/mol. The van der Waals surface area contributed by atoms with Gasteiger partial charge in [-0.2, -0.15) is 9.57 Å². The van der Waals surface area contributed by atoms with Crippen molar-refractivity contribution in [1.29, 1.82) is 5.26 Å². The Morgan fingerprint density at radius 2 is 1.81 bits per heavy atom. The van der Waals surface area contributed by atoms with Gasteiger partial charge in [0.25, 0.3) is 0 Å². The van der Waals surface area contributed by atoms with Gasteiger partial charge in [-0.1, -0.05) is 17.7 Å². The fraction of sp³-hybridized carbons (Fsp3) is 0.579. The molecule has 27 heavy (non-hydrogen) atoms. The summed E-state index contributed by atoms with van der Waals surface area (Å²) >= 11 is 0. The predicted molar refractivity (Wildman–Crippen MR) is 103 cm³/mol. The quantitative estimate of drug-likeness (QED) is 0.698. The molecule has 1 fully saturated rings. The van der Waals surface area contributed by atoms with Gasteiger partial charge in [-0.3, -0.25) is 9.69 Å². The molecule has 1 unspecified atom stereocenters. The summed E-state index contributed by atoms with van der Waals surface area (Å²) in [6.07, 6.45) is 0. The number of likely N-dealkylation sites (N-methyl/N-ethyl adjacent to an activating group) is 1. The lowest BCUT2D eigenvalue weighted by molar-refractivity contribution is -0.132. The molecule has 0 saturated carbocycles. The third-order valence-corrected chi connectivity index (χ3v) is 6.71. The molecular weight excluding hydrogens is 364 g/mol. The predicted octanol–water partition coefficient (Wildman–Crippen LogP) is 1.31. The largest absolute Gasteiger partial charge is 0.341 e. The fourth-order valence-corrected chi connectivity index (χ4v) is 4.48. The first kappa shape index (κ1) is 21.4. The van der Waals surface area contributed by atoms with Crippen LogP contribution >= 0.6 is 0 Å². The van der Waals surface area contributed by atoms with E-state index in [0.717, 1.165) is 5.56 Å². The monoisotopic (exact) mass is 392 g/mol. The number of rotatable bonds is 7. The summed E-state index contributed by atoms with van der Waals surface area (Å²) in [4.78, 5) is 16.4. The lowest BCUT2D eigenvalue weighted by atomic mass is 10.2. The van der Waals surface area contributed by atoms with E-state index in [2.05, 4.69) is 6.07 Å². The first-order valence-electron chi connectivity index (χ1n) is 9.24. The molecule has 1 atom stereocenters. The van der Waals surface area contributed by atoms with Crippen LogP contribution in [0.5, 0.6) is 0 Å². The molecule has 2 rings (SSSR count). The standard InChI is InChI=1S/C19H28N4O3S/c1-4-22(14-17(3)13-20)19(24)15-21-9-11-23(12-10-21)27(25,26)18-7-5-16(2)6-8-18/h5-8,17H,4,9-12,14-15H2,1-3H3. The molecule has 8 heteroatoms. The van der Waals surface area contributed by atoms with E-state index >= 15 is 0 Å². The zero-order chi connectivity index (χ0) is 20.0. The van der Waals surface area contributed by atoms with Crippen molar-refractivity contribution >= 4 is 15.9 Å². The molecule has 1 aliphatic heterocycles. The Labute approximate surface area is 162 Å². The van der Waals surface area contributed by atoms with Crippen molar-refractivity contribution in [2.75, 3.05) is 45.8 Å². The smallest absolute Gasteiger partial charge is 0.243 e. The molecule has 1 aliphatic rings. The summed E-state index contributed by atoms with van der Waals surface area (Å²) in [5, 5.41) is 8.94. The van der Waals surface area contributed by atoms with Gasteiger partial charge in [0.1, 0.15) is 0 Å². The molecule has 0 bridgehead atoms. The number of hydrogen-bond acceptors (Lipinski definition) is 5. The third-order valence-electron chi connectivity index (χ3n) is 4.80. The number of hydrogen-bond donors (Lipinski definition) is 0. The summed E-state index contributed by atoms with van der Waals surface area (Å²) in [6.45, 7) is 8.62. The van der Waals surface area contributed by atoms with Crippen molar-refractivity contribution in [2.45, 2.75) is 25.7 Å². The van der Waals surface area contributed by atoms with E-state index in [4.69, 9.17) is 5.26 Å². The zero-order valence-electron chi connectivity index (χ0n) is 16.3. The third kappa shape index (κ3) is 5.51. The molecule has 1 saturated heterocycles.